The van der Waals surface area contributed by atoms with Gasteiger partial charge in [-0.05, 0) is 24.7 Å². The quantitative estimate of drug-likeness (QED) is 0.540. The fourth-order valence-electron chi connectivity index (χ4n) is 4.39. The minimum absolute atomic E-state index is 0.0182. The zero-order valence-electron chi connectivity index (χ0n) is 17.3. The Bertz CT molecular complexity index is 1050. The van der Waals surface area contributed by atoms with Crippen molar-refractivity contribution in [3.8, 4) is 22.5 Å². The van der Waals surface area contributed by atoms with Gasteiger partial charge >= 0.3 is 0 Å². The van der Waals surface area contributed by atoms with E-state index in [-0.39, 0.29) is 5.91 Å². The van der Waals surface area contributed by atoms with E-state index in [1.807, 2.05) is 24.3 Å². The number of hydrogen-bond donors (Lipinski definition) is 2. The number of likely N-dealkylation sites (N-methyl/N-ethyl adjacent to an activating group) is 1. The van der Waals surface area contributed by atoms with Crippen LogP contribution in [-0.2, 0) is 6.42 Å². The van der Waals surface area contributed by atoms with Crippen LogP contribution in [0.4, 0.5) is 0 Å². The Morgan fingerprint density at radius 1 is 1.07 bits per heavy atom. The second-order valence-electron chi connectivity index (χ2n) is 8.24. The molecule has 6 nitrogen and oxygen atoms in total. The second-order valence-corrected chi connectivity index (χ2v) is 8.24. The first-order valence-corrected chi connectivity index (χ1v) is 10.6. The summed E-state index contributed by atoms with van der Waals surface area (Å²) in [6.45, 7) is 5.90. The van der Waals surface area contributed by atoms with Crippen LogP contribution >= 0.6 is 0 Å². The summed E-state index contributed by atoms with van der Waals surface area (Å²) in [5, 5.41) is 10.8. The van der Waals surface area contributed by atoms with Crippen LogP contribution < -0.4 is 5.32 Å². The molecule has 3 aromatic rings. The molecule has 154 valence electrons. The average molecular weight is 402 g/mol. The molecular weight excluding hydrogens is 374 g/mol. The Morgan fingerprint density at radius 2 is 1.83 bits per heavy atom. The van der Waals surface area contributed by atoms with Crippen LogP contribution in [0.15, 0.2) is 48.5 Å². The lowest BCUT2D eigenvalue weighted by atomic mass is 10.0. The molecule has 1 aromatic heterocycles. The minimum Gasteiger partial charge on any atom is -0.351 e. The van der Waals surface area contributed by atoms with E-state index in [0.29, 0.717) is 12.1 Å². The Hall–Kier alpha value is -2.96. The molecular formula is C24H27N5O. The summed E-state index contributed by atoms with van der Waals surface area (Å²) in [7, 11) is 2.15. The van der Waals surface area contributed by atoms with E-state index < -0.39 is 0 Å². The number of carbonyl (C=O) groups excluding carboxylic acids is 1. The fourth-order valence-corrected chi connectivity index (χ4v) is 4.39. The predicted molar refractivity (Wildman–Crippen MR) is 119 cm³/mol. The number of nitrogens with zero attached hydrogens (tertiary/aromatic N) is 3. The number of amides is 1. The van der Waals surface area contributed by atoms with E-state index in [2.05, 4.69) is 56.6 Å². The zero-order valence-corrected chi connectivity index (χ0v) is 17.3. The summed E-state index contributed by atoms with van der Waals surface area (Å²) in [6.07, 6.45) is 0.895. The second kappa shape index (κ2) is 8.05. The Kier molecular flexibility index (Phi) is 5.11. The number of nitrogens with one attached hydrogen (secondary N) is 2. The lowest BCUT2D eigenvalue weighted by molar-refractivity contribution is 0.0941. The van der Waals surface area contributed by atoms with Crippen LogP contribution in [0.3, 0.4) is 0 Å². The van der Waals surface area contributed by atoms with E-state index in [1.165, 1.54) is 16.7 Å². The molecule has 1 aliphatic heterocycles. The topological polar surface area (TPSA) is 64.3 Å². The molecule has 0 spiro atoms. The van der Waals surface area contributed by atoms with Crippen molar-refractivity contribution < 1.29 is 4.79 Å². The molecule has 30 heavy (non-hydrogen) atoms. The third kappa shape index (κ3) is 3.64. The van der Waals surface area contributed by atoms with Crippen molar-refractivity contribution in [3.63, 3.8) is 0 Å². The highest BCUT2D eigenvalue weighted by Gasteiger charge is 2.24. The monoisotopic (exact) mass is 401 g/mol. The number of fused-ring (bicyclic) bond motifs is 3. The molecule has 1 fully saturated rings. The molecule has 1 amide bonds. The van der Waals surface area contributed by atoms with Gasteiger partial charge in [0.05, 0.1) is 11.4 Å². The van der Waals surface area contributed by atoms with E-state index in [0.717, 1.165) is 56.1 Å². The van der Waals surface area contributed by atoms with Crippen LogP contribution in [-0.4, -0.2) is 72.2 Å². The summed E-state index contributed by atoms with van der Waals surface area (Å²) in [4.78, 5) is 17.3. The molecule has 1 saturated heterocycles. The van der Waals surface area contributed by atoms with Gasteiger partial charge in [0.25, 0.3) is 5.91 Å². The van der Waals surface area contributed by atoms with Crippen LogP contribution in [0.1, 0.15) is 21.5 Å². The molecule has 5 rings (SSSR count). The molecule has 0 unspecified atom stereocenters. The highest BCUT2D eigenvalue weighted by molar-refractivity contribution is 5.94. The summed E-state index contributed by atoms with van der Waals surface area (Å²) >= 11 is 0. The van der Waals surface area contributed by atoms with Crippen molar-refractivity contribution in [2.24, 2.45) is 0 Å². The maximum Gasteiger partial charge on any atom is 0.251 e. The van der Waals surface area contributed by atoms with E-state index in [1.54, 1.807) is 0 Å². The van der Waals surface area contributed by atoms with Gasteiger partial charge in [0, 0.05) is 67.9 Å². The van der Waals surface area contributed by atoms with Crippen molar-refractivity contribution in [2.45, 2.75) is 6.42 Å². The predicted octanol–water partition coefficient (Wildman–Crippen LogP) is 2.63. The van der Waals surface area contributed by atoms with Gasteiger partial charge in [-0.15, -0.1) is 0 Å². The third-order valence-corrected chi connectivity index (χ3v) is 6.25. The van der Waals surface area contributed by atoms with E-state index in [4.69, 9.17) is 0 Å². The van der Waals surface area contributed by atoms with Gasteiger partial charge in [0.15, 0.2) is 0 Å². The standard InChI is InChI=1S/C24H27N5O/c1-28-12-14-29(15-13-28)11-10-25-24(30)18-8-6-17(7-9-18)22-21-16-19-4-2-3-5-20(19)23(21)27-26-22/h2-9H,10-16H2,1H3,(H,25,30)(H,26,27). The molecule has 0 radical (unpaired) electrons. The smallest absolute Gasteiger partial charge is 0.251 e. The van der Waals surface area contributed by atoms with E-state index in [9.17, 15) is 4.79 Å². The number of hydrogen-bond acceptors (Lipinski definition) is 4. The Balaban J connectivity index is 1.21. The van der Waals surface area contributed by atoms with E-state index >= 15 is 0 Å². The minimum atomic E-state index is -0.0182. The molecule has 1 aliphatic carbocycles. The fraction of sp³-hybridized carbons (Fsp3) is 0.333. The number of piperazine rings is 1. The Morgan fingerprint density at radius 3 is 2.63 bits per heavy atom. The van der Waals surface area contributed by atoms with Gasteiger partial charge in [-0.1, -0.05) is 36.4 Å². The first-order valence-electron chi connectivity index (χ1n) is 10.6. The lowest BCUT2D eigenvalue weighted by Crippen LogP contribution is -2.46. The normalized spacial score (nSPS) is 16.3. The van der Waals surface area contributed by atoms with Gasteiger partial charge in [-0.3, -0.25) is 14.8 Å². The summed E-state index contributed by atoms with van der Waals surface area (Å²) in [5.41, 5.74) is 7.62. The van der Waals surface area contributed by atoms with Crippen LogP contribution in [0.5, 0.6) is 0 Å². The highest BCUT2D eigenvalue weighted by Crippen LogP contribution is 2.39. The molecule has 2 aromatic carbocycles. The number of rotatable bonds is 5. The maximum atomic E-state index is 12.5. The first-order chi connectivity index (χ1) is 14.7. The molecule has 2 aliphatic rings. The van der Waals surface area contributed by atoms with Gasteiger partial charge in [0.2, 0.25) is 0 Å². The summed E-state index contributed by atoms with van der Waals surface area (Å²) < 4.78 is 0. The van der Waals surface area contributed by atoms with Gasteiger partial charge < -0.3 is 10.2 Å². The number of carbonyl (C=O) groups is 1. The average Bonchev–Trinajstić information content (AvgIpc) is 3.34. The third-order valence-electron chi connectivity index (χ3n) is 6.25. The summed E-state index contributed by atoms with van der Waals surface area (Å²) in [5.74, 6) is -0.0182. The van der Waals surface area contributed by atoms with Crippen LogP contribution in [0.25, 0.3) is 22.5 Å². The molecule has 6 heteroatoms. The number of aromatic amines is 1. The van der Waals surface area contributed by atoms with Gasteiger partial charge in [-0.25, -0.2) is 0 Å². The molecule has 2 N–H and O–H groups in total. The van der Waals surface area contributed by atoms with Crippen LogP contribution in [0.2, 0.25) is 0 Å². The molecule has 0 saturated carbocycles. The van der Waals surface area contributed by atoms with Crippen molar-refractivity contribution >= 4 is 5.91 Å². The molecule has 2 heterocycles. The maximum absolute atomic E-state index is 12.5. The van der Waals surface area contributed by atoms with Gasteiger partial charge in [0.1, 0.15) is 0 Å². The first kappa shape index (κ1) is 19.0. The van der Waals surface area contributed by atoms with Crippen molar-refractivity contribution in [1.29, 1.82) is 0 Å². The molecule has 0 atom stereocenters. The molecule has 0 bridgehead atoms. The SMILES string of the molecule is CN1CCN(CCNC(=O)c2ccc(-c3n[nH]c4c3Cc3ccccc3-4)cc2)CC1. The van der Waals surface area contributed by atoms with Crippen LogP contribution in [0, 0.1) is 0 Å². The van der Waals surface area contributed by atoms with Crippen molar-refractivity contribution in [2.75, 3.05) is 46.3 Å². The number of benzene rings is 2. The highest BCUT2D eigenvalue weighted by atomic mass is 16.1. The zero-order chi connectivity index (χ0) is 20.5. The van der Waals surface area contributed by atoms with Gasteiger partial charge in [-0.2, -0.15) is 5.10 Å². The van der Waals surface area contributed by atoms with Crippen molar-refractivity contribution in [3.05, 3.63) is 65.2 Å². The largest absolute Gasteiger partial charge is 0.351 e. The summed E-state index contributed by atoms with van der Waals surface area (Å²) in [6, 6.07) is 16.2. The Labute approximate surface area is 176 Å². The number of H-pyrrole nitrogens is 1. The van der Waals surface area contributed by atoms with Crippen molar-refractivity contribution in [1.82, 2.24) is 25.3 Å². The lowest BCUT2D eigenvalue weighted by Gasteiger charge is -2.32. The number of aromatic nitrogens is 2.